The normalized spacial score (nSPS) is 14.2. The van der Waals surface area contributed by atoms with E-state index in [0.29, 0.717) is 6.54 Å². The SMILES string of the molecule is Cc1cc(F)ccc1NCc1nnc2n1CCCC2. The zero-order chi connectivity index (χ0) is 13.2. The number of hydrogen-bond donors (Lipinski definition) is 1. The Kier molecular flexibility index (Phi) is 3.19. The van der Waals surface area contributed by atoms with Crippen molar-refractivity contribution >= 4 is 5.69 Å². The summed E-state index contributed by atoms with van der Waals surface area (Å²) in [5.41, 5.74) is 1.84. The molecule has 0 atom stereocenters. The Hall–Kier alpha value is -1.91. The van der Waals surface area contributed by atoms with Crippen LogP contribution in [0.4, 0.5) is 10.1 Å². The number of fused-ring (bicyclic) bond motifs is 1. The van der Waals surface area contributed by atoms with Crippen LogP contribution in [0.1, 0.15) is 30.1 Å². The molecule has 0 saturated carbocycles. The van der Waals surface area contributed by atoms with Crippen molar-refractivity contribution in [2.24, 2.45) is 0 Å². The molecule has 1 aromatic carbocycles. The molecular weight excluding hydrogens is 243 g/mol. The number of aryl methyl sites for hydroxylation is 2. The number of hydrogen-bond acceptors (Lipinski definition) is 3. The number of anilines is 1. The minimum atomic E-state index is -0.206. The lowest BCUT2D eigenvalue weighted by Crippen LogP contribution is -2.15. The molecule has 0 spiro atoms. The fraction of sp³-hybridized carbons (Fsp3) is 0.429. The maximum Gasteiger partial charge on any atom is 0.152 e. The van der Waals surface area contributed by atoms with Crippen molar-refractivity contribution in [3.05, 3.63) is 41.2 Å². The second-order valence-corrected chi connectivity index (χ2v) is 4.95. The van der Waals surface area contributed by atoms with Crippen LogP contribution in [-0.2, 0) is 19.5 Å². The van der Waals surface area contributed by atoms with Gasteiger partial charge in [0.2, 0.25) is 0 Å². The van der Waals surface area contributed by atoms with Crippen LogP contribution in [0.3, 0.4) is 0 Å². The molecule has 1 aliphatic rings. The number of nitrogens with one attached hydrogen (secondary N) is 1. The summed E-state index contributed by atoms with van der Waals surface area (Å²) in [6, 6.07) is 4.76. The molecule has 3 rings (SSSR count). The molecule has 4 nitrogen and oxygen atoms in total. The molecule has 5 heteroatoms. The molecule has 100 valence electrons. The summed E-state index contributed by atoms with van der Waals surface area (Å²) in [6.07, 6.45) is 3.40. The van der Waals surface area contributed by atoms with Crippen LogP contribution in [0.15, 0.2) is 18.2 Å². The number of nitrogens with zero attached hydrogens (tertiary/aromatic N) is 3. The number of aromatic nitrogens is 3. The van der Waals surface area contributed by atoms with Crippen molar-refractivity contribution in [3.63, 3.8) is 0 Å². The molecule has 1 aromatic heterocycles. The maximum absolute atomic E-state index is 13.0. The van der Waals surface area contributed by atoms with Crippen molar-refractivity contribution in [1.82, 2.24) is 14.8 Å². The van der Waals surface area contributed by atoms with Gasteiger partial charge in [-0.25, -0.2) is 4.39 Å². The minimum Gasteiger partial charge on any atom is -0.378 e. The molecule has 0 aliphatic carbocycles. The number of rotatable bonds is 3. The molecule has 1 N–H and O–H groups in total. The number of benzene rings is 1. The number of halogens is 1. The Morgan fingerprint density at radius 1 is 1.32 bits per heavy atom. The van der Waals surface area contributed by atoms with Crippen LogP contribution in [0.5, 0.6) is 0 Å². The minimum absolute atomic E-state index is 0.206. The van der Waals surface area contributed by atoms with Gasteiger partial charge in [0.05, 0.1) is 6.54 Å². The van der Waals surface area contributed by atoms with E-state index in [9.17, 15) is 4.39 Å². The van der Waals surface area contributed by atoms with E-state index in [1.807, 2.05) is 6.92 Å². The molecule has 0 bridgehead atoms. The lowest BCUT2D eigenvalue weighted by atomic mass is 10.1. The topological polar surface area (TPSA) is 42.7 Å². The second kappa shape index (κ2) is 4.99. The first-order chi connectivity index (χ1) is 9.24. The third kappa shape index (κ3) is 2.45. The average Bonchev–Trinajstić information content (AvgIpc) is 2.81. The largest absolute Gasteiger partial charge is 0.378 e. The molecule has 19 heavy (non-hydrogen) atoms. The third-order valence-electron chi connectivity index (χ3n) is 3.56. The quantitative estimate of drug-likeness (QED) is 0.922. The Balaban J connectivity index is 1.74. The van der Waals surface area contributed by atoms with Crippen molar-refractivity contribution < 1.29 is 4.39 Å². The fourth-order valence-corrected chi connectivity index (χ4v) is 2.50. The van der Waals surface area contributed by atoms with Crippen LogP contribution >= 0.6 is 0 Å². The van der Waals surface area contributed by atoms with Gasteiger partial charge in [-0.15, -0.1) is 10.2 Å². The maximum atomic E-state index is 13.0. The molecule has 2 heterocycles. The molecule has 2 aromatic rings. The van der Waals surface area contributed by atoms with E-state index in [1.165, 1.54) is 25.0 Å². The van der Waals surface area contributed by atoms with Gasteiger partial charge in [0, 0.05) is 18.7 Å². The summed E-state index contributed by atoms with van der Waals surface area (Å²) in [4.78, 5) is 0. The van der Waals surface area contributed by atoms with Gasteiger partial charge < -0.3 is 9.88 Å². The van der Waals surface area contributed by atoms with Gasteiger partial charge in [-0.2, -0.15) is 0 Å². The summed E-state index contributed by atoms with van der Waals surface area (Å²) in [5, 5.41) is 11.8. The first kappa shape index (κ1) is 12.1. The lowest BCUT2D eigenvalue weighted by molar-refractivity contribution is 0.510. The van der Waals surface area contributed by atoms with Crippen molar-refractivity contribution in [2.45, 2.75) is 39.3 Å². The second-order valence-electron chi connectivity index (χ2n) is 4.95. The van der Waals surface area contributed by atoms with E-state index in [2.05, 4.69) is 20.1 Å². The smallest absolute Gasteiger partial charge is 0.152 e. The first-order valence-electron chi connectivity index (χ1n) is 6.65. The van der Waals surface area contributed by atoms with Crippen LogP contribution < -0.4 is 5.32 Å². The molecule has 0 radical (unpaired) electrons. The van der Waals surface area contributed by atoms with Gasteiger partial charge >= 0.3 is 0 Å². The predicted molar refractivity (Wildman–Crippen MR) is 71.4 cm³/mol. The van der Waals surface area contributed by atoms with Crippen molar-refractivity contribution in [1.29, 1.82) is 0 Å². The Bertz CT molecular complexity index is 591. The van der Waals surface area contributed by atoms with Crippen LogP contribution in [0.2, 0.25) is 0 Å². The van der Waals surface area contributed by atoms with Gasteiger partial charge in [-0.1, -0.05) is 0 Å². The Morgan fingerprint density at radius 3 is 3.05 bits per heavy atom. The molecule has 0 amide bonds. The van der Waals surface area contributed by atoms with Crippen molar-refractivity contribution in [3.8, 4) is 0 Å². The molecule has 0 fully saturated rings. The van der Waals surface area contributed by atoms with Gasteiger partial charge in [0.25, 0.3) is 0 Å². The predicted octanol–water partition coefficient (Wildman–Crippen LogP) is 2.67. The van der Waals surface area contributed by atoms with Gasteiger partial charge in [0.15, 0.2) is 5.82 Å². The Morgan fingerprint density at radius 2 is 2.21 bits per heavy atom. The van der Waals surface area contributed by atoms with Crippen LogP contribution in [0.25, 0.3) is 0 Å². The zero-order valence-corrected chi connectivity index (χ0v) is 11.0. The standard InChI is InChI=1S/C14H17FN4/c1-10-8-11(15)5-6-12(10)16-9-14-18-17-13-4-2-3-7-19(13)14/h5-6,8,16H,2-4,7,9H2,1H3. The van der Waals surface area contributed by atoms with Gasteiger partial charge in [-0.3, -0.25) is 0 Å². The van der Waals surface area contributed by atoms with Gasteiger partial charge in [-0.05, 0) is 43.5 Å². The summed E-state index contributed by atoms with van der Waals surface area (Å²) in [5.74, 6) is 1.83. The van der Waals surface area contributed by atoms with E-state index >= 15 is 0 Å². The highest BCUT2D eigenvalue weighted by atomic mass is 19.1. The summed E-state index contributed by atoms with van der Waals surface area (Å²) >= 11 is 0. The summed E-state index contributed by atoms with van der Waals surface area (Å²) < 4.78 is 15.2. The van der Waals surface area contributed by atoms with E-state index in [-0.39, 0.29) is 5.82 Å². The van der Waals surface area contributed by atoms with Crippen LogP contribution in [-0.4, -0.2) is 14.8 Å². The van der Waals surface area contributed by atoms with E-state index in [4.69, 9.17) is 0 Å². The van der Waals surface area contributed by atoms with Crippen molar-refractivity contribution in [2.75, 3.05) is 5.32 Å². The fourth-order valence-electron chi connectivity index (χ4n) is 2.50. The monoisotopic (exact) mass is 260 g/mol. The highest BCUT2D eigenvalue weighted by Crippen LogP contribution is 2.18. The summed E-state index contributed by atoms with van der Waals surface area (Å²) in [7, 11) is 0. The Labute approximate surface area is 111 Å². The van der Waals surface area contributed by atoms with E-state index in [1.54, 1.807) is 6.07 Å². The van der Waals surface area contributed by atoms with E-state index < -0.39 is 0 Å². The molecule has 1 aliphatic heterocycles. The molecule has 0 unspecified atom stereocenters. The highest BCUT2D eigenvalue weighted by Gasteiger charge is 2.15. The zero-order valence-electron chi connectivity index (χ0n) is 11.0. The lowest BCUT2D eigenvalue weighted by Gasteiger charge is -2.15. The highest BCUT2D eigenvalue weighted by molar-refractivity contribution is 5.50. The first-order valence-corrected chi connectivity index (χ1v) is 6.65. The van der Waals surface area contributed by atoms with Crippen LogP contribution in [0, 0.1) is 12.7 Å². The van der Waals surface area contributed by atoms with Gasteiger partial charge in [0.1, 0.15) is 11.6 Å². The van der Waals surface area contributed by atoms with E-state index in [0.717, 1.165) is 35.9 Å². The third-order valence-corrected chi connectivity index (χ3v) is 3.56. The molecule has 0 saturated heterocycles. The summed E-state index contributed by atoms with van der Waals surface area (Å²) in [6.45, 7) is 3.52. The molecular formula is C14H17FN4. The average molecular weight is 260 g/mol.